The fourth-order valence-corrected chi connectivity index (χ4v) is 2.01. The van der Waals surface area contributed by atoms with Gasteiger partial charge in [-0.3, -0.25) is 4.57 Å². The van der Waals surface area contributed by atoms with Gasteiger partial charge in [0.2, 0.25) is 0 Å². The van der Waals surface area contributed by atoms with Gasteiger partial charge >= 0.3 is 0 Å². The van der Waals surface area contributed by atoms with Crippen LogP contribution in [0.2, 0.25) is 0 Å². The highest BCUT2D eigenvalue weighted by Gasteiger charge is 2.04. The molecule has 1 heterocycles. The highest BCUT2D eigenvalue weighted by Crippen LogP contribution is 2.20. The third-order valence-electron chi connectivity index (χ3n) is 2.85. The summed E-state index contributed by atoms with van der Waals surface area (Å²) in [4.78, 5) is 4.37. The first-order chi connectivity index (χ1) is 8.24. The van der Waals surface area contributed by atoms with Gasteiger partial charge in [0.05, 0.1) is 11.0 Å². The van der Waals surface area contributed by atoms with Gasteiger partial charge in [-0.1, -0.05) is 12.1 Å². The molecule has 0 spiro atoms. The fraction of sp³-hybridized carbons (Fsp3) is 0.0714. The fourth-order valence-electron chi connectivity index (χ4n) is 2.01. The number of nitrogen functional groups attached to an aromatic ring is 1. The SMILES string of the molecule is Cc1cccc(-n2cnc3cc(N)ccc32)c1.Cl. The van der Waals surface area contributed by atoms with Gasteiger partial charge in [0, 0.05) is 11.4 Å². The van der Waals surface area contributed by atoms with E-state index in [1.54, 1.807) is 0 Å². The third kappa shape index (κ3) is 2.05. The number of nitrogens with two attached hydrogens (primary N) is 1. The van der Waals surface area contributed by atoms with E-state index in [-0.39, 0.29) is 12.4 Å². The molecule has 0 saturated carbocycles. The highest BCUT2D eigenvalue weighted by atomic mass is 35.5. The molecule has 0 unspecified atom stereocenters. The van der Waals surface area contributed by atoms with Crippen LogP contribution in [0, 0.1) is 6.92 Å². The summed E-state index contributed by atoms with van der Waals surface area (Å²) in [6, 6.07) is 14.1. The lowest BCUT2D eigenvalue weighted by atomic mass is 10.2. The average Bonchev–Trinajstić information content (AvgIpc) is 2.71. The van der Waals surface area contributed by atoms with Gasteiger partial charge < -0.3 is 5.73 Å². The third-order valence-corrected chi connectivity index (χ3v) is 2.85. The molecule has 4 heteroatoms. The number of aromatic nitrogens is 2. The number of nitrogens with zero attached hydrogens (tertiary/aromatic N) is 2. The molecule has 0 aliphatic rings. The van der Waals surface area contributed by atoms with Crippen molar-refractivity contribution in [2.45, 2.75) is 6.92 Å². The summed E-state index contributed by atoms with van der Waals surface area (Å²) < 4.78 is 2.07. The van der Waals surface area contributed by atoms with Crippen LogP contribution in [-0.4, -0.2) is 9.55 Å². The molecule has 92 valence electrons. The van der Waals surface area contributed by atoms with Crippen molar-refractivity contribution in [2.24, 2.45) is 0 Å². The van der Waals surface area contributed by atoms with E-state index in [1.165, 1.54) is 5.56 Å². The molecule has 1 aromatic heterocycles. The Labute approximate surface area is 112 Å². The van der Waals surface area contributed by atoms with Gasteiger partial charge in [0.25, 0.3) is 0 Å². The quantitative estimate of drug-likeness (QED) is 0.681. The van der Waals surface area contributed by atoms with Crippen LogP contribution < -0.4 is 5.73 Å². The van der Waals surface area contributed by atoms with Crippen molar-refractivity contribution < 1.29 is 0 Å². The molecule has 0 saturated heterocycles. The first-order valence-electron chi connectivity index (χ1n) is 5.54. The smallest absolute Gasteiger partial charge is 0.100 e. The van der Waals surface area contributed by atoms with Gasteiger partial charge in [-0.25, -0.2) is 4.98 Å². The van der Waals surface area contributed by atoms with Crippen molar-refractivity contribution in [2.75, 3.05) is 5.73 Å². The summed E-state index contributed by atoms with van der Waals surface area (Å²) in [7, 11) is 0. The number of aryl methyl sites for hydroxylation is 1. The van der Waals surface area contributed by atoms with Crippen LogP contribution in [0.25, 0.3) is 16.7 Å². The predicted octanol–water partition coefficient (Wildman–Crippen LogP) is 3.34. The first-order valence-corrected chi connectivity index (χ1v) is 5.54. The monoisotopic (exact) mass is 259 g/mol. The molecular formula is C14H14ClN3. The molecule has 0 fully saturated rings. The number of fused-ring (bicyclic) bond motifs is 1. The summed E-state index contributed by atoms with van der Waals surface area (Å²) in [5, 5.41) is 0. The Bertz CT molecular complexity index is 688. The molecular weight excluding hydrogens is 246 g/mol. The van der Waals surface area contributed by atoms with Gasteiger partial charge in [0.1, 0.15) is 6.33 Å². The van der Waals surface area contributed by atoms with Crippen LogP contribution in [0.15, 0.2) is 48.8 Å². The Morgan fingerprint density at radius 3 is 2.72 bits per heavy atom. The van der Waals surface area contributed by atoms with E-state index in [1.807, 2.05) is 30.6 Å². The maximum absolute atomic E-state index is 5.75. The van der Waals surface area contributed by atoms with E-state index < -0.39 is 0 Å². The minimum atomic E-state index is 0. The van der Waals surface area contributed by atoms with Crippen molar-refractivity contribution in [1.29, 1.82) is 0 Å². The second-order valence-corrected chi connectivity index (χ2v) is 4.20. The maximum Gasteiger partial charge on any atom is 0.100 e. The van der Waals surface area contributed by atoms with E-state index in [0.29, 0.717) is 0 Å². The second kappa shape index (κ2) is 4.70. The van der Waals surface area contributed by atoms with Crippen molar-refractivity contribution in [1.82, 2.24) is 9.55 Å². The van der Waals surface area contributed by atoms with Crippen LogP contribution in [0.1, 0.15) is 5.56 Å². The standard InChI is InChI=1S/C14H13N3.ClH/c1-10-3-2-4-12(7-10)17-9-16-13-8-11(15)5-6-14(13)17;/h2-9H,15H2,1H3;1H. The number of halogens is 1. The van der Waals surface area contributed by atoms with Crippen LogP contribution in [0.4, 0.5) is 5.69 Å². The first kappa shape index (κ1) is 12.5. The highest BCUT2D eigenvalue weighted by molar-refractivity contribution is 5.85. The minimum absolute atomic E-state index is 0. The molecule has 2 aromatic carbocycles. The molecule has 0 amide bonds. The molecule has 0 bridgehead atoms. The van der Waals surface area contributed by atoms with Gasteiger partial charge in [-0.2, -0.15) is 0 Å². The molecule has 0 aliphatic carbocycles. The van der Waals surface area contributed by atoms with Crippen LogP contribution in [0.5, 0.6) is 0 Å². The van der Waals surface area contributed by atoms with Crippen molar-refractivity contribution in [3.05, 3.63) is 54.4 Å². The van der Waals surface area contributed by atoms with Crippen LogP contribution in [0.3, 0.4) is 0 Å². The van der Waals surface area contributed by atoms with Crippen molar-refractivity contribution >= 4 is 29.1 Å². The molecule has 18 heavy (non-hydrogen) atoms. The zero-order chi connectivity index (χ0) is 11.8. The minimum Gasteiger partial charge on any atom is -0.399 e. The topological polar surface area (TPSA) is 43.8 Å². The Morgan fingerprint density at radius 1 is 1.11 bits per heavy atom. The molecule has 0 radical (unpaired) electrons. The van der Waals surface area contributed by atoms with Crippen molar-refractivity contribution in [3.63, 3.8) is 0 Å². The van der Waals surface area contributed by atoms with E-state index in [4.69, 9.17) is 5.73 Å². The number of hydrogen-bond acceptors (Lipinski definition) is 2. The molecule has 3 aromatic rings. The summed E-state index contributed by atoms with van der Waals surface area (Å²) in [6.45, 7) is 2.08. The summed E-state index contributed by atoms with van der Waals surface area (Å²) in [5.74, 6) is 0. The Kier molecular flexibility index (Phi) is 3.26. The molecule has 0 atom stereocenters. The Morgan fingerprint density at radius 2 is 1.94 bits per heavy atom. The summed E-state index contributed by atoms with van der Waals surface area (Å²) >= 11 is 0. The summed E-state index contributed by atoms with van der Waals surface area (Å²) in [5.41, 5.74) is 10.8. The number of benzene rings is 2. The predicted molar refractivity (Wildman–Crippen MR) is 77.5 cm³/mol. The average molecular weight is 260 g/mol. The van der Waals surface area contributed by atoms with Gasteiger partial charge in [-0.15, -0.1) is 12.4 Å². The Balaban J connectivity index is 0.00000120. The van der Waals surface area contributed by atoms with Crippen LogP contribution >= 0.6 is 12.4 Å². The number of rotatable bonds is 1. The second-order valence-electron chi connectivity index (χ2n) is 4.20. The largest absolute Gasteiger partial charge is 0.399 e. The molecule has 2 N–H and O–H groups in total. The van der Waals surface area contributed by atoms with E-state index in [2.05, 4.69) is 34.7 Å². The molecule has 3 nitrogen and oxygen atoms in total. The molecule has 3 rings (SSSR count). The lowest BCUT2D eigenvalue weighted by Crippen LogP contribution is -1.92. The zero-order valence-corrected chi connectivity index (χ0v) is 10.8. The number of hydrogen-bond donors (Lipinski definition) is 1. The van der Waals surface area contributed by atoms with Gasteiger partial charge in [0.15, 0.2) is 0 Å². The van der Waals surface area contributed by atoms with Gasteiger partial charge in [-0.05, 0) is 42.8 Å². The number of anilines is 1. The maximum atomic E-state index is 5.75. The normalized spacial score (nSPS) is 10.3. The Hall–Kier alpha value is -2.00. The van der Waals surface area contributed by atoms with Crippen molar-refractivity contribution in [3.8, 4) is 5.69 Å². The van der Waals surface area contributed by atoms with Crippen LogP contribution in [-0.2, 0) is 0 Å². The summed E-state index contributed by atoms with van der Waals surface area (Å²) in [6.07, 6.45) is 1.83. The van der Waals surface area contributed by atoms with E-state index in [9.17, 15) is 0 Å². The van der Waals surface area contributed by atoms with E-state index in [0.717, 1.165) is 22.4 Å². The lowest BCUT2D eigenvalue weighted by molar-refractivity contribution is 1.09. The number of imidazole rings is 1. The van der Waals surface area contributed by atoms with E-state index >= 15 is 0 Å². The molecule has 0 aliphatic heterocycles. The lowest BCUT2D eigenvalue weighted by Gasteiger charge is -2.05. The zero-order valence-electron chi connectivity index (χ0n) is 10.00.